The van der Waals surface area contributed by atoms with Crippen molar-refractivity contribution in [3.8, 4) is 0 Å². The van der Waals surface area contributed by atoms with Gasteiger partial charge in [0, 0.05) is 19.2 Å². The number of hydrogen-bond acceptors (Lipinski definition) is 6. The number of nitrogens with zero attached hydrogens (tertiary/aromatic N) is 5. The van der Waals surface area contributed by atoms with E-state index in [0.717, 1.165) is 12.4 Å². The molecule has 142 valence electrons. The number of amides is 1. The van der Waals surface area contributed by atoms with Crippen molar-refractivity contribution in [3.63, 3.8) is 0 Å². The summed E-state index contributed by atoms with van der Waals surface area (Å²) in [5, 5.41) is 6.68. The monoisotopic (exact) mass is 372 g/mol. The Balaban J connectivity index is 1.78. The molecule has 0 radical (unpaired) electrons. The van der Waals surface area contributed by atoms with Crippen molar-refractivity contribution in [2.45, 2.75) is 45.0 Å². The number of rotatable bonds is 2. The van der Waals surface area contributed by atoms with Crippen molar-refractivity contribution in [1.29, 1.82) is 0 Å². The second-order valence-corrected chi connectivity index (χ2v) is 7.05. The van der Waals surface area contributed by atoms with Crippen molar-refractivity contribution in [1.82, 2.24) is 24.9 Å². The molecule has 2 aromatic rings. The molecule has 1 atom stereocenters. The second-order valence-electron chi connectivity index (χ2n) is 7.05. The highest BCUT2D eigenvalue weighted by atomic mass is 19.4. The Morgan fingerprint density at radius 1 is 1.35 bits per heavy atom. The van der Waals surface area contributed by atoms with E-state index in [9.17, 15) is 18.0 Å². The van der Waals surface area contributed by atoms with E-state index in [4.69, 9.17) is 4.74 Å². The average molecular weight is 372 g/mol. The maximum absolute atomic E-state index is 13.1. The lowest BCUT2D eigenvalue weighted by atomic mass is 10.2. The lowest BCUT2D eigenvalue weighted by molar-refractivity contribution is -0.141. The standard InChI is InChI=1S/C15H19F3N6O2/c1-14(2,3)26-13(25)21-9-4-5-23(7-9)11-6-10(15(16,17)18)22-12-19-8-20-24(11)12/h6,8-9H,4-5,7H2,1-3H3,(H,21,25)/t9-/m0/s1. The van der Waals surface area contributed by atoms with E-state index in [1.165, 1.54) is 4.52 Å². The third-order valence-corrected chi connectivity index (χ3v) is 3.76. The maximum Gasteiger partial charge on any atom is 0.433 e. The summed E-state index contributed by atoms with van der Waals surface area (Å²) in [6.45, 7) is 6.05. The molecular formula is C15H19F3N6O2. The van der Waals surface area contributed by atoms with Crippen molar-refractivity contribution in [2.75, 3.05) is 18.0 Å². The lowest BCUT2D eigenvalue weighted by Gasteiger charge is -2.23. The fourth-order valence-electron chi connectivity index (χ4n) is 2.73. The van der Waals surface area contributed by atoms with Gasteiger partial charge in [-0.05, 0) is 27.2 Å². The van der Waals surface area contributed by atoms with Crippen LogP contribution in [0.1, 0.15) is 32.9 Å². The van der Waals surface area contributed by atoms with Gasteiger partial charge >= 0.3 is 12.3 Å². The predicted octanol–water partition coefficient (Wildman–Crippen LogP) is 2.25. The first-order chi connectivity index (χ1) is 12.0. The highest BCUT2D eigenvalue weighted by molar-refractivity contribution is 5.68. The second kappa shape index (κ2) is 6.29. The van der Waals surface area contributed by atoms with Crippen LogP contribution < -0.4 is 10.2 Å². The molecule has 1 amide bonds. The molecule has 3 rings (SSSR count). The van der Waals surface area contributed by atoms with Gasteiger partial charge in [0.1, 0.15) is 17.7 Å². The minimum absolute atomic E-state index is 0.127. The minimum atomic E-state index is -4.59. The van der Waals surface area contributed by atoms with Gasteiger partial charge in [-0.2, -0.15) is 27.8 Å². The van der Waals surface area contributed by atoms with E-state index in [0.29, 0.717) is 19.5 Å². The van der Waals surface area contributed by atoms with Crippen LogP contribution >= 0.6 is 0 Å². The van der Waals surface area contributed by atoms with Gasteiger partial charge < -0.3 is 15.0 Å². The van der Waals surface area contributed by atoms with E-state index in [-0.39, 0.29) is 17.6 Å². The van der Waals surface area contributed by atoms with E-state index in [2.05, 4.69) is 20.4 Å². The summed E-state index contributed by atoms with van der Waals surface area (Å²) in [7, 11) is 0. The summed E-state index contributed by atoms with van der Waals surface area (Å²) in [5.41, 5.74) is -1.65. The number of halogens is 3. The summed E-state index contributed by atoms with van der Waals surface area (Å²) in [5.74, 6) is 0.103. The SMILES string of the molecule is CC(C)(C)OC(=O)N[C@H]1CCN(c2cc(C(F)(F)F)nc3ncnn23)C1. The zero-order chi connectivity index (χ0) is 19.1. The largest absolute Gasteiger partial charge is 0.444 e. The number of alkyl halides is 3. The zero-order valence-corrected chi connectivity index (χ0v) is 14.5. The first kappa shape index (κ1) is 18.2. The third kappa shape index (κ3) is 3.97. The van der Waals surface area contributed by atoms with Crippen LogP contribution in [0.2, 0.25) is 0 Å². The lowest BCUT2D eigenvalue weighted by Crippen LogP contribution is -2.40. The van der Waals surface area contributed by atoms with Crippen LogP contribution in [0.15, 0.2) is 12.4 Å². The predicted molar refractivity (Wildman–Crippen MR) is 85.8 cm³/mol. The Morgan fingerprint density at radius 3 is 2.73 bits per heavy atom. The van der Waals surface area contributed by atoms with Gasteiger partial charge in [0.05, 0.1) is 6.04 Å². The summed E-state index contributed by atoms with van der Waals surface area (Å²) < 4.78 is 45.7. The van der Waals surface area contributed by atoms with Gasteiger partial charge in [-0.1, -0.05) is 0 Å². The Bertz CT molecular complexity index is 814. The van der Waals surface area contributed by atoms with E-state index in [1.54, 1.807) is 25.7 Å². The third-order valence-electron chi connectivity index (χ3n) is 3.76. The molecule has 26 heavy (non-hydrogen) atoms. The number of ether oxygens (including phenoxy) is 1. The molecular weight excluding hydrogens is 353 g/mol. The highest BCUT2D eigenvalue weighted by Crippen LogP contribution is 2.31. The highest BCUT2D eigenvalue weighted by Gasteiger charge is 2.35. The van der Waals surface area contributed by atoms with Crippen LogP contribution in [-0.2, 0) is 10.9 Å². The van der Waals surface area contributed by atoms with Crippen molar-refractivity contribution in [3.05, 3.63) is 18.1 Å². The number of carbonyl (C=O) groups is 1. The van der Waals surface area contributed by atoms with Gasteiger partial charge in [-0.3, -0.25) is 0 Å². The molecule has 0 aromatic carbocycles. The molecule has 0 bridgehead atoms. The summed E-state index contributed by atoms with van der Waals surface area (Å²) in [4.78, 5) is 20.8. The van der Waals surface area contributed by atoms with Crippen LogP contribution in [0, 0.1) is 0 Å². The van der Waals surface area contributed by atoms with Crippen molar-refractivity contribution >= 4 is 17.7 Å². The Kier molecular flexibility index (Phi) is 4.41. The number of hydrogen-bond donors (Lipinski definition) is 1. The molecule has 0 saturated carbocycles. The van der Waals surface area contributed by atoms with Crippen LogP contribution in [-0.4, -0.2) is 50.4 Å². The first-order valence-corrected chi connectivity index (χ1v) is 8.05. The van der Waals surface area contributed by atoms with E-state index >= 15 is 0 Å². The molecule has 0 unspecified atom stereocenters. The van der Waals surface area contributed by atoms with E-state index in [1.807, 2.05) is 0 Å². The van der Waals surface area contributed by atoms with Gasteiger partial charge in [0.2, 0.25) is 0 Å². The van der Waals surface area contributed by atoms with Crippen LogP contribution in [0.25, 0.3) is 5.78 Å². The molecule has 3 heterocycles. The van der Waals surface area contributed by atoms with Crippen LogP contribution in [0.5, 0.6) is 0 Å². The smallest absolute Gasteiger partial charge is 0.433 e. The number of fused-ring (bicyclic) bond motifs is 1. The fourth-order valence-corrected chi connectivity index (χ4v) is 2.73. The van der Waals surface area contributed by atoms with Crippen molar-refractivity contribution in [2.24, 2.45) is 0 Å². The maximum atomic E-state index is 13.1. The molecule has 0 spiro atoms. The molecule has 1 fully saturated rings. The number of aromatic nitrogens is 4. The molecule has 1 saturated heterocycles. The molecule has 1 N–H and O–H groups in total. The normalized spacial score (nSPS) is 18.4. The molecule has 0 aliphatic carbocycles. The van der Waals surface area contributed by atoms with Gasteiger partial charge in [-0.15, -0.1) is 0 Å². The Labute approximate surface area is 147 Å². The number of carbonyl (C=O) groups excluding carboxylic acids is 1. The number of alkyl carbamates (subject to hydrolysis) is 1. The molecule has 2 aromatic heterocycles. The van der Waals surface area contributed by atoms with Gasteiger partial charge in [-0.25, -0.2) is 9.78 Å². The number of nitrogens with one attached hydrogen (secondary N) is 1. The Morgan fingerprint density at radius 2 is 2.08 bits per heavy atom. The molecule has 1 aliphatic rings. The van der Waals surface area contributed by atoms with Crippen molar-refractivity contribution < 1.29 is 22.7 Å². The minimum Gasteiger partial charge on any atom is -0.444 e. The fraction of sp³-hybridized carbons (Fsp3) is 0.600. The summed E-state index contributed by atoms with van der Waals surface area (Å²) >= 11 is 0. The Hall–Kier alpha value is -2.59. The molecule has 11 heteroatoms. The quantitative estimate of drug-likeness (QED) is 0.870. The summed E-state index contributed by atoms with van der Waals surface area (Å²) in [6, 6.07) is 0.697. The first-order valence-electron chi connectivity index (χ1n) is 8.05. The topological polar surface area (TPSA) is 84.6 Å². The average Bonchev–Trinajstić information content (AvgIpc) is 3.11. The number of anilines is 1. The van der Waals surface area contributed by atoms with Crippen LogP contribution in [0.4, 0.5) is 23.8 Å². The molecule has 8 nitrogen and oxygen atoms in total. The van der Waals surface area contributed by atoms with Crippen LogP contribution in [0.3, 0.4) is 0 Å². The molecule has 1 aliphatic heterocycles. The zero-order valence-electron chi connectivity index (χ0n) is 14.5. The summed E-state index contributed by atoms with van der Waals surface area (Å²) in [6.07, 6.45) is -3.42. The van der Waals surface area contributed by atoms with Gasteiger partial charge in [0.15, 0.2) is 5.69 Å². The van der Waals surface area contributed by atoms with Gasteiger partial charge in [0.25, 0.3) is 5.78 Å². The van der Waals surface area contributed by atoms with E-state index < -0.39 is 23.6 Å².